The van der Waals surface area contributed by atoms with E-state index < -0.39 is 11.7 Å². The van der Waals surface area contributed by atoms with E-state index in [9.17, 15) is 4.79 Å². The van der Waals surface area contributed by atoms with Crippen LogP contribution in [0.15, 0.2) is 18.2 Å². The Labute approximate surface area is 114 Å². The van der Waals surface area contributed by atoms with Crippen LogP contribution < -0.4 is 15.4 Å². The topological polar surface area (TPSA) is 59.6 Å². The van der Waals surface area contributed by atoms with Crippen LogP contribution in [0.25, 0.3) is 0 Å². The van der Waals surface area contributed by atoms with Gasteiger partial charge in [-0.3, -0.25) is 0 Å². The minimum absolute atomic E-state index is 0.377. The Balaban J connectivity index is 2.68. The molecule has 1 rings (SSSR count). The number of nitrogens with one attached hydrogen (secondary N) is 2. The number of hydrogen-bond donors (Lipinski definition) is 2. The molecule has 1 amide bonds. The average molecular weight is 266 g/mol. The fourth-order valence-corrected chi connectivity index (χ4v) is 1.57. The number of hydrogen-bond acceptors (Lipinski definition) is 4. The van der Waals surface area contributed by atoms with Gasteiger partial charge in [0.15, 0.2) is 0 Å². The average Bonchev–Trinajstić information content (AvgIpc) is 2.33. The molecule has 1 aromatic carbocycles. The van der Waals surface area contributed by atoms with Crippen LogP contribution >= 0.6 is 0 Å². The molecule has 0 atom stereocenters. The smallest absolute Gasteiger partial charge is 0.407 e. The van der Waals surface area contributed by atoms with Crippen molar-refractivity contribution in [2.75, 3.05) is 19.5 Å². The highest BCUT2D eigenvalue weighted by Gasteiger charge is 2.16. The SMILES string of the molecule is CNc1ccc(OC)cc1CNC(=O)OC(C)(C)C. The Bertz CT molecular complexity index is 439. The van der Waals surface area contributed by atoms with E-state index in [4.69, 9.17) is 9.47 Å². The van der Waals surface area contributed by atoms with Crippen LogP contribution in [-0.2, 0) is 11.3 Å². The van der Waals surface area contributed by atoms with Crippen molar-refractivity contribution in [1.29, 1.82) is 0 Å². The van der Waals surface area contributed by atoms with Crippen LogP contribution in [0.5, 0.6) is 5.75 Å². The number of amides is 1. The molecule has 0 aliphatic rings. The van der Waals surface area contributed by atoms with E-state index in [-0.39, 0.29) is 0 Å². The summed E-state index contributed by atoms with van der Waals surface area (Å²) in [6, 6.07) is 5.65. The number of methoxy groups -OCH3 is 1. The molecule has 0 aliphatic carbocycles. The van der Waals surface area contributed by atoms with Gasteiger partial charge in [0.25, 0.3) is 0 Å². The molecule has 0 saturated carbocycles. The summed E-state index contributed by atoms with van der Waals surface area (Å²) in [5.74, 6) is 0.750. The van der Waals surface area contributed by atoms with Crippen molar-refractivity contribution in [3.05, 3.63) is 23.8 Å². The second-order valence-electron chi connectivity index (χ2n) is 5.13. The van der Waals surface area contributed by atoms with Gasteiger partial charge in [-0.25, -0.2) is 4.79 Å². The number of carbonyl (C=O) groups is 1. The maximum Gasteiger partial charge on any atom is 0.407 e. The lowest BCUT2D eigenvalue weighted by atomic mass is 10.1. The summed E-state index contributed by atoms with van der Waals surface area (Å²) in [5.41, 5.74) is 1.38. The van der Waals surface area contributed by atoms with Crippen LogP contribution in [0.1, 0.15) is 26.3 Å². The van der Waals surface area contributed by atoms with Crippen LogP contribution in [0.2, 0.25) is 0 Å². The lowest BCUT2D eigenvalue weighted by molar-refractivity contribution is 0.0523. The van der Waals surface area contributed by atoms with Crippen molar-refractivity contribution in [2.45, 2.75) is 32.9 Å². The van der Waals surface area contributed by atoms with Crippen molar-refractivity contribution in [1.82, 2.24) is 5.32 Å². The standard InChI is InChI=1S/C14H22N2O3/c1-14(2,3)19-13(17)16-9-10-8-11(18-5)6-7-12(10)15-4/h6-8,15H,9H2,1-5H3,(H,16,17). The third kappa shape index (κ3) is 5.07. The predicted octanol–water partition coefficient (Wildman–Crippen LogP) is 2.76. The van der Waals surface area contributed by atoms with Gasteiger partial charge in [-0.1, -0.05) is 0 Å². The summed E-state index contributed by atoms with van der Waals surface area (Å²) in [6.07, 6.45) is -0.433. The predicted molar refractivity (Wildman–Crippen MR) is 75.6 cm³/mol. The number of ether oxygens (including phenoxy) is 2. The first kappa shape index (κ1) is 15.1. The van der Waals surface area contributed by atoms with E-state index in [0.29, 0.717) is 6.54 Å². The summed E-state index contributed by atoms with van der Waals surface area (Å²) in [6.45, 7) is 5.87. The quantitative estimate of drug-likeness (QED) is 0.879. The highest BCUT2D eigenvalue weighted by molar-refractivity contribution is 5.68. The highest BCUT2D eigenvalue weighted by atomic mass is 16.6. The molecule has 0 fully saturated rings. The monoisotopic (exact) mass is 266 g/mol. The van der Waals surface area contributed by atoms with E-state index in [1.54, 1.807) is 7.11 Å². The van der Waals surface area contributed by atoms with E-state index >= 15 is 0 Å². The van der Waals surface area contributed by atoms with Crippen molar-refractivity contribution < 1.29 is 14.3 Å². The normalized spacial score (nSPS) is 10.8. The van der Waals surface area contributed by atoms with E-state index in [1.165, 1.54) is 0 Å². The Morgan fingerprint density at radius 1 is 1.32 bits per heavy atom. The molecule has 5 nitrogen and oxygen atoms in total. The molecule has 19 heavy (non-hydrogen) atoms. The van der Waals surface area contributed by atoms with Gasteiger partial charge in [-0.15, -0.1) is 0 Å². The Hall–Kier alpha value is -1.91. The fraction of sp³-hybridized carbons (Fsp3) is 0.500. The van der Waals surface area contributed by atoms with E-state index in [1.807, 2.05) is 46.0 Å². The summed E-state index contributed by atoms with van der Waals surface area (Å²) >= 11 is 0. The van der Waals surface area contributed by atoms with Crippen LogP contribution in [0.4, 0.5) is 10.5 Å². The maximum absolute atomic E-state index is 11.6. The molecule has 2 N–H and O–H groups in total. The number of alkyl carbamates (subject to hydrolysis) is 1. The minimum Gasteiger partial charge on any atom is -0.497 e. The van der Waals surface area contributed by atoms with Gasteiger partial charge >= 0.3 is 6.09 Å². The highest BCUT2D eigenvalue weighted by Crippen LogP contribution is 2.21. The third-order valence-corrected chi connectivity index (χ3v) is 2.40. The lowest BCUT2D eigenvalue weighted by Gasteiger charge is -2.20. The summed E-state index contributed by atoms with van der Waals surface area (Å²) in [4.78, 5) is 11.6. The minimum atomic E-state index is -0.496. The molecule has 1 aromatic rings. The molecule has 0 aliphatic heterocycles. The molecule has 0 saturated heterocycles. The number of anilines is 1. The van der Waals surface area contributed by atoms with Gasteiger partial charge in [0.1, 0.15) is 11.4 Å². The summed E-state index contributed by atoms with van der Waals surface area (Å²) in [5, 5.41) is 5.80. The zero-order valence-electron chi connectivity index (χ0n) is 12.2. The van der Waals surface area contributed by atoms with Crippen LogP contribution in [0.3, 0.4) is 0 Å². The Morgan fingerprint density at radius 3 is 2.53 bits per heavy atom. The van der Waals surface area contributed by atoms with E-state index in [0.717, 1.165) is 17.0 Å². The molecule has 0 spiro atoms. The summed E-state index contributed by atoms with van der Waals surface area (Å²) in [7, 11) is 3.44. The van der Waals surface area contributed by atoms with Gasteiger partial charge < -0.3 is 20.1 Å². The van der Waals surface area contributed by atoms with Crippen molar-refractivity contribution in [3.8, 4) is 5.75 Å². The van der Waals surface area contributed by atoms with Gasteiger partial charge in [0.2, 0.25) is 0 Å². The first-order chi connectivity index (χ1) is 8.85. The zero-order valence-corrected chi connectivity index (χ0v) is 12.2. The van der Waals surface area contributed by atoms with Gasteiger partial charge in [-0.05, 0) is 44.5 Å². The molecule has 0 bridgehead atoms. The molecule has 0 radical (unpaired) electrons. The molecule has 0 unspecified atom stereocenters. The van der Waals surface area contributed by atoms with Crippen LogP contribution in [0, 0.1) is 0 Å². The van der Waals surface area contributed by atoms with Gasteiger partial charge in [0, 0.05) is 19.3 Å². The number of benzene rings is 1. The Kier molecular flexibility index (Phi) is 5.03. The molecular weight excluding hydrogens is 244 g/mol. The van der Waals surface area contributed by atoms with Gasteiger partial charge in [0.05, 0.1) is 7.11 Å². The molecule has 106 valence electrons. The first-order valence-electron chi connectivity index (χ1n) is 6.17. The molecular formula is C14H22N2O3. The largest absolute Gasteiger partial charge is 0.497 e. The fourth-order valence-electron chi connectivity index (χ4n) is 1.57. The lowest BCUT2D eigenvalue weighted by Crippen LogP contribution is -2.32. The Morgan fingerprint density at radius 2 is 2.00 bits per heavy atom. The molecule has 0 aromatic heterocycles. The molecule has 5 heteroatoms. The second kappa shape index (κ2) is 6.31. The van der Waals surface area contributed by atoms with Crippen molar-refractivity contribution in [3.63, 3.8) is 0 Å². The number of rotatable bonds is 4. The van der Waals surface area contributed by atoms with E-state index in [2.05, 4.69) is 10.6 Å². The maximum atomic E-state index is 11.6. The second-order valence-corrected chi connectivity index (χ2v) is 5.13. The third-order valence-electron chi connectivity index (χ3n) is 2.40. The van der Waals surface area contributed by atoms with Crippen molar-refractivity contribution in [2.24, 2.45) is 0 Å². The first-order valence-corrected chi connectivity index (χ1v) is 6.17. The van der Waals surface area contributed by atoms with Crippen molar-refractivity contribution >= 4 is 11.8 Å². The number of carbonyl (C=O) groups excluding carboxylic acids is 1. The van der Waals surface area contributed by atoms with Gasteiger partial charge in [-0.2, -0.15) is 0 Å². The zero-order chi connectivity index (χ0) is 14.5. The molecule has 0 heterocycles. The van der Waals surface area contributed by atoms with Crippen LogP contribution in [-0.4, -0.2) is 25.9 Å². The summed E-state index contributed by atoms with van der Waals surface area (Å²) < 4.78 is 10.4.